The minimum Gasteiger partial charge on any atom is -0.415 e. The van der Waals surface area contributed by atoms with Crippen molar-refractivity contribution in [1.29, 1.82) is 5.26 Å². The number of hydrogen-bond acceptors (Lipinski definition) is 11. The highest BCUT2D eigenvalue weighted by Crippen LogP contribution is 2.27. The van der Waals surface area contributed by atoms with Crippen LogP contribution in [-0.4, -0.2) is 41.1 Å². The van der Waals surface area contributed by atoms with Gasteiger partial charge >= 0.3 is 17.3 Å². The number of benzene rings is 3. The molecule has 242 valence electrons. The lowest BCUT2D eigenvalue weighted by Gasteiger charge is -2.00. The molecule has 0 saturated heterocycles. The molecule has 47 heavy (non-hydrogen) atoms. The van der Waals surface area contributed by atoms with Crippen LogP contribution >= 0.6 is 34.8 Å². The molecule has 5 rings (SSSR count). The van der Waals surface area contributed by atoms with Crippen LogP contribution < -0.4 is 9.47 Å². The number of carbonyl (C=O) groups excluding carboxylic acids is 2. The number of carbonyl (C=O) groups is 2. The van der Waals surface area contributed by atoms with E-state index in [1.54, 1.807) is 73.7 Å². The van der Waals surface area contributed by atoms with E-state index in [9.17, 15) is 29.8 Å². The summed E-state index contributed by atoms with van der Waals surface area (Å²) in [4.78, 5) is 42.7. The number of hydrogen-bond donors (Lipinski definition) is 0. The molecule has 18 heteroatoms. The first kappa shape index (κ1) is 37.4. The van der Waals surface area contributed by atoms with Crippen molar-refractivity contribution in [3.05, 3.63) is 144 Å². The van der Waals surface area contributed by atoms with Gasteiger partial charge in [0.15, 0.2) is 10.7 Å². The van der Waals surface area contributed by atoms with Crippen molar-refractivity contribution in [3.8, 4) is 17.6 Å². The van der Waals surface area contributed by atoms with E-state index in [0.717, 1.165) is 6.20 Å². The number of aromatic nitrogens is 4. The summed E-state index contributed by atoms with van der Waals surface area (Å²) in [7, 11) is 0. The minimum absolute atomic E-state index is 0.179. The van der Waals surface area contributed by atoms with Gasteiger partial charge in [-0.15, -0.1) is 0 Å². The molecule has 0 aliphatic heterocycles. The van der Waals surface area contributed by atoms with Gasteiger partial charge in [-0.2, -0.15) is 10.1 Å². The lowest BCUT2D eigenvalue weighted by atomic mass is 10.2. The molecule has 0 saturated carbocycles. The first-order chi connectivity index (χ1) is 22.3. The fourth-order valence-electron chi connectivity index (χ4n) is 3.02. The van der Waals surface area contributed by atoms with E-state index >= 15 is 0 Å². The smallest absolute Gasteiger partial charge is 0.415 e. The molecule has 0 spiro atoms. The summed E-state index contributed by atoms with van der Waals surface area (Å²) < 4.78 is 10.0. The Labute approximate surface area is 281 Å². The highest BCUT2D eigenvalue weighted by Gasteiger charge is 2.31. The van der Waals surface area contributed by atoms with Gasteiger partial charge in [-0.25, -0.2) is 4.79 Å². The lowest BCUT2D eigenvalue weighted by molar-refractivity contribution is -0.552. The Hall–Kier alpha value is -5.82. The Morgan fingerprint density at radius 2 is 1.30 bits per heavy atom. The Morgan fingerprint density at radius 1 is 0.809 bits per heavy atom. The van der Waals surface area contributed by atoms with Crippen molar-refractivity contribution in [2.24, 2.45) is 0 Å². The Morgan fingerprint density at radius 3 is 1.66 bits per heavy atom. The topological polar surface area (TPSA) is 198 Å². The first-order valence-electron chi connectivity index (χ1n) is 12.7. The molecule has 0 amide bonds. The highest BCUT2D eigenvalue weighted by atomic mass is 35.5. The summed E-state index contributed by atoms with van der Waals surface area (Å²) in [6.07, 6.45) is 0.157. The molecule has 0 aliphatic carbocycles. The molecular weight excluding hydrogens is 681 g/mol. The predicted molar refractivity (Wildman–Crippen MR) is 170 cm³/mol. The Kier molecular flexibility index (Phi) is 15.0. The molecule has 0 fully saturated rings. The molecule has 0 aliphatic rings. The third-order valence-electron chi connectivity index (χ3n) is 5.10. The normalized spacial score (nSPS) is 9.45. The zero-order chi connectivity index (χ0) is 34.9. The number of ether oxygens (including phenoxy) is 2. The number of para-hydroxylation sites is 2. The summed E-state index contributed by atoms with van der Waals surface area (Å²) in [5, 5.41) is 35.8. The van der Waals surface area contributed by atoms with E-state index < -0.39 is 27.3 Å². The van der Waals surface area contributed by atoms with Gasteiger partial charge in [0, 0.05) is 28.4 Å². The van der Waals surface area contributed by atoms with Gasteiger partial charge in [0.25, 0.3) is 0 Å². The predicted octanol–water partition coefficient (Wildman–Crippen LogP) is 7.67. The molecule has 0 bridgehead atoms. The third kappa shape index (κ3) is 12.6. The zero-order valence-electron chi connectivity index (χ0n) is 24.3. The molecule has 0 unspecified atom stereocenters. The maximum Gasteiger partial charge on any atom is 0.539 e. The summed E-state index contributed by atoms with van der Waals surface area (Å²) in [5.41, 5.74) is 0.537. The van der Waals surface area contributed by atoms with Crippen molar-refractivity contribution in [3.63, 3.8) is 0 Å². The molecule has 0 N–H and O–H groups in total. The molecule has 2 heterocycles. The highest BCUT2D eigenvalue weighted by molar-refractivity contribution is 6.61. The van der Waals surface area contributed by atoms with Crippen LogP contribution in [0.3, 0.4) is 0 Å². The van der Waals surface area contributed by atoms with Crippen LogP contribution in [0.15, 0.2) is 97.2 Å². The van der Waals surface area contributed by atoms with Crippen LogP contribution in [0.25, 0.3) is 0 Å². The van der Waals surface area contributed by atoms with E-state index in [1.807, 2.05) is 30.3 Å². The number of nitriles is 1. The Bertz CT molecular complexity index is 1830. The number of nitrogens with zero attached hydrogens (tertiary/aromatic N) is 7. The van der Waals surface area contributed by atoms with E-state index in [2.05, 4.69) is 14.9 Å². The van der Waals surface area contributed by atoms with E-state index in [4.69, 9.17) is 44.8 Å². The van der Waals surface area contributed by atoms with Crippen molar-refractivity contribution in [2.75, 3.05) is 0 Å². The molecule has 3 aromatic carbocycles. The number of nitro groups is 2. The number of halogens is 3. The van der Waals surface area contributed by atoms with Gasteiger partial charge < -0.3 is 29.7 Å². The second-order valence-electron chi connectivity index (χ2n) is 8.42. The van der Waals surface area contributed by atoms with Gasteiger partial charge in [0.1, 0.15) is 28.4 Å². The van der Waals surface area contributed by atoms with Gasteiger partial charge in [0.2, 0.25) is 0 Å². The van der Waals surface area contributed by atoms with Crippen LogP contribution in [0.5, 0.6) is 11.5 Å². The standard InChI is InChI=1S/C11H8ClN3O4.C7H5ClO2.C7H5N.C4H4ClN3O2/c1-7-9(12)10(15(17)18)14(13-7)11(16)19-8-5-3-2-4-6-8;8-7(9)10-6-4-2-1-3-5-6;8-6-7-4-2-1-3-5-7;1-3-4(5)2-7(6-3)8(9)10/h2-6H,1H3;1-5H;1-5H;2H,1H3. The molecule has 15 nitrogen and oxygen atoms in total. The molecule has 5 aromatic rings. The quantitative estimate of drug-likeness (QED) is 0.101. The van der Waals surface area contributed by atoms with Crippen LogP contribution in [0, 0.1) is 45.4 Å². The summed E-state index contributed by atoms with van der Waals surface area (Å²) in [6.45, 7) is 3.06. The van der Waals surface area contributed by atoms with Crippen LogP contribution in [0.2, 0.25) is 10.0 Å². The Balaban J connectivity index is 0.000000234. The molecule has 0 radical (unpaired) electrons. The van der Waals surface area contributed by atoms with Gasteiger partial charge in [-0.3, -0.25) is 0 Å². The molecule has 0 atom stereocenters. The van der Waals surface area contributed by atoms with E-state index in [0.29, 0.717) is 31.5 Å². The number of aryl methyl sites for hydroxylation is 2. The minimum atomic E-state index is -0.993. The van der Waals surface area contributed by atoms with Crippen LogP contribution in [-0.2, 0) is 0 Å². The van der Waals surface area contributed by atoms with Crippen molar-refractivity contribution < 1.29 is 29.0 Å². The van der Waals surface area contributed by atoms with Gasteiger partial charge in [-0.05, 0) is 52.9 Å². The molecule has 2 aromatic heterocycles. The SMILES string of the molecule is Cc1nn(C(=O)Oc2ccccc2)c([N+](=O)[O-])c1Cl.Cc1nn([N+](=O)[O-])cc1Cl.N#Cc1ccccc1.O=C(Cl)Oc1ccccc1. The second kappa shape index (κ2) is 18.9. The monoisotopic (exact) mass is 701 g/mol. The third-order valence-corrected chi connectivity index (χ3v) is 5.99. The van der Waals surface area contributed by atoms with E-state index in [1.165, 1.54) is 6.92 Å². The average molecular weight is 703 g/mol. The molecular formula is C29H22Cl3N7O8. The number of rotatable bonds is 4. The van der Waals surface area contributed by atoms with Crippen molar-refractivity contribution >= 4 is 52.1 Å². The average Bonchev–Trinajstić information content (AvgIpc) is 3.56. The van der Waals surface area contributed by atoms with Crippen LogP contribution in [0.4, 0.5) is 15.4 Å². The van der Waals surface area contributed by atoms with Gasteiger partial charge in [-0.1, -0.05) is 82.9 Å². The maximum absolute atomic E-state index is 11.8. The summed E-state index contributed by atoms with van der Waals surface area (Å²) in [5.74, 6) is 0.105. The van der Waals surface area contributed by atoms with Crippen molar-refractivity contribution in [2.45, 2.75) is 13.8 Å². The fraction of sp³-hybridized carbons (Fsp3) is 0.0690. The fourth-order valence-corrected chi connectivity index (χ4v) is 3.42. The zero-order valence-corrected chi connectivity index (χ0v) is 26.5. The summed E-state index contributed by atoms with van der Waals surface area (Å²) >= 11 is 16.2. The largest absolute Gasteiger partial charge is 0.539 e. The van der Waals surface area contributed by atoms with E-state index in [-0.39, 0.29) is 16.5 Å². The first-order valence-corrected chi connectivity index (χ1v) is 13.9. The van der Waals surface area contributed by atoms with Gasteiger partial charge in [0.05, 0.1) is 16.7 Å². The van der Waals surface area contributed by atoms with Crippen LogP contribution in [0.1, 0.15) is 17.0 Å². The lowest BCUT2D eigenvalue weighted by Crippen LogP contribution is -2.20. The summed E-state index contributed by atoms with van der Waals surface area (Å²) in [6, 6.07) is 28.0. The maximum atomic E-state index is 11.8. The second-order valence-corrected chi connectivity index (χ2v) is 9.52. The van der Waals surface area contributed by atoms with Crippen molar-refractivity contribution in [1.82, 2.24) is 19.7 Å².